The molecule has 0 aliphatic carbocycles. The molecule has 0 atom stereocenters. The number of aryl methyl sites for hydroxylation is 1. The molecular formula is C27H34N6O. The van der Waals surface area contributed by atoms with E-state index in [4.69, 9.17) is 26.3 Å². The number of ether oxygens (including phenoxy) is 1. The second-order valence-corrected chi connectivity index (χ2v) is 9.04. The molecular weight excluding hydrogens is 424 g/mol. The Hall–Kier alpha value is -3.61. The van der Waals surface area contributed by atoms with Crippen molar-refractivity contribution < 1.29 is 4.74 Å². The first-order valence-electron chi connectivity index (χ1n) is 11.9. The van der Waals surface area contributed by atoms with Gasteiger partial charge >= 0.3 is 0 Å². The van der Waals surface area contributed by atoms with Gasteiger partial charge in [-0.3, -0.25) is 10.8 Å². The SMILES string of the molecule is CCc1nc2cc(OC3CCN(C(C)=N)CC3)ccc2n1C/C(C)=C/c1cccc(C(=N)N)c1. The van der Waals surface area contributed by atoms with Crippen LogP contribution in [0.15, 0.2) is 48.0 Å². The Bertz CT molecular complexity index is 1230. The molecule has 34 heavy (non-hydrogen) atoms. The van der Waals surface area contributed by atoms with Crippen molar-refractivity contribution in [2.24, 2.45) is 5.73 Å². The highest BCUT2D eigenvalue weighted by atomic mass is 16.5. The van der Waals surface area contributed by atoms with Crippen molar-refractivity contribution >= 4 is 28.8 Å². The largest absolute Gasteiger partial charge is 0.490 e. The molecule has 7 heteroatoms. The maximum absolute atomic E-state index is 7.80. The van der Waals surface area contributed by atoms with Gasteiger partial charge in [-0.2, -0.15) is 0 Å². The molecule has 0 amide bonds. The summed E-state index contributed by atoms with van der Waals surface area (Å²) < 4.78 is 8.55. The number of rotatable bonds is 7. The first-order chi connectivity index (χ1) is 16.3. The number of imidazole rings is 1. The van der Waals surface area contributed by atoms with Crippen LogP contribution in [0.25, 0.3) is 17.1 Å². The van der Waals surface area contributed by atoms with Crippen LogP contribution in [0.5, 0.6) is 5.75 Å². The lowest BCUT2D eigenvalue weighted by molar-refractivity contribution is 0.130. The first kappa shape index (κ1) is 23.5. The Labute approximate surface area is 201 Å². The van der Waals surface area contributed by atoms with Crippen LogP contribution in [-0.2, 0) is 13.0 Å². The second-order valence-electron chi connectivity index (χ2n) is 9.04. The quantitative estimate of drug-likeness (QED) is 0.348. The smallest absolute Gasteiger partial charge is 0.122 e. The molecule has 0 bridgehead atoms. The minimum absolute atomic E-state index is 0.0789. The van der Waals surface area contributed by atoms with Crippen molar-refractivity contribution in [2.75, 3.05) is 13.1 Å². The van der Waals surface area contributed by atoms with Gasteiger partial charge in [-0.05, 0) is 37.6 Å². The molecule has 2 heterocycles. The van der Waals surface area contributed by atoms with Crippen LogP contribution in [0.1, 0.15) is 50.6 Å². The third kappa shape index (κ3) is 5.30. The minimum atomic E-state index is 0.0789. The van der Waals surface area contributed by atoms with Gasteiger partial charge in [0.2, 0.25) is 0 Å². The molecule has 1 saturated heterocycles. The van der Waals surface area contributed by atoms with E-state index < -0.39 is 0 Å². The van der Waals surface area contributed by atoms with E-state index in [1.54, 1.807) is 0 Å². The molecule has 1 aliphatic rings. The van der Waals surface area contributed by atoms with E-state index in [9.17, 15) is 0 Å². The predicted octanol–water partition coefficient (Wildman–Crippen LogP) is 4.83. The number of hydrogen-bond donors (Lipinski definition) is 3. The standard InChI is InChI=1S/C27H34N6O/c1-4-26-31-24-16-23(34-22-10-12-32(13-11-22)19(3)28)8-9-25(24)33(26)17-18(2)14-20-6-5-7-21(15-20)27(29)30/h5-9,14-16,22,28H,4,10-13,17H2,1-3H3,(H3,29,30)/b18-14+,28-19?. The molecule has 2 aromatic carbocycles. The van der Waals surface area contributed by atoms with Gasteiger partial charge in [0.05, 0.1) is 16.9 Å². The third-order valence-corrected chi connectivity index (χ3v) is 6.35. The summed E-state index contributed by atoms with van der Waals surface area (Å²) in [6.45, 7) is 8.58. The third-order valence-electron chi connectivity index (χ3n) is 6.35. The Kier molecular flexibility index (Phi) is 7.01. The van der Waals surface area contributed by atoms with Crippen molar-refractivity contribution in [3.05, 3.63) is 65.0 Å². The predicted molar refractivity (Wildman–Crippen MR) is 139 cm³/mol. The van der Waals surface area contributed by atoms with Crippen molar-refractivity contribution in [3.8, 4) is 5.75 Å². The zero-order valence-corrected chi connectivity index (χ0v) is 20.3. The lowest BCUT2D eigenvalue weighted by Gasteiger charge is -2.32. The highest BCUT2D eigenvalue weighted by molar-refractivity contribution is 5.95. The summed E-state index contributed by atoms with van der Waals surface area (Å²) in [5.41, 5.74) is 10.7. The minimum Gasteiger partial charge on any atom is -0.490 e. The number of piperidine rings is 1. The van der Waals surface area contributed by atoms with Gasteiger partial charge in [0.15, 0.2) is 0 Å². The maximum atomic E-state index is 7.80. The lowest BCUT2D eigenvalue weighted by Crippen LogP contribution is -2.40. The van der Waals surface area contributed by atoms with Crippen LogP contribution >= 0.6 is 0 Å². The highest BCUT2D eigenvalue weighted by Gasteiger charge is 2.21. The summed E-state index contributed by atoms with van der Waals surface area (Å²) in [5.74, 6) is 2.62. The fourth-order valence-electron chi connectivity index (χ4n) is 4.56. The molecule has 0 saturated carbocycles. The van der Waals surface area contributed by atoms with Crippen LogP contribution in [0.3, 0.4) is 0 Å². The van der Waals surface area contributed by atoms with Crippen LogP contribution < -0.4 is 10.5 Å². The van der Waals surface area contributed by atoms with Crippen molar-refractivity contribution in [1.29, 1.82) is 10.8 Å². The fraction of sp³-hybridized carbons (Fsp3) is 0.370. The Morgan fingerprint density at radius 2 is 1.91 bits per heavy atom. The summed E-state index contributed by atoms with van der Waals surface area (Å²) in [4.78, 5) is 6.99. The summed E-state index contributed by atoms with van der Waals surface area (Å²) in [6.07, 6.45) is 5.02. The highest BCUT2D eigenvalue weighted by Crippen LogP contribution is 2.26. The van der Waals surface area contributed by atoms with E-state index >= 15 is 0 Å². The van der Waals surface area contributed by atoms with Crippen LogP contribution in [0.2, 0.25) is 0 Å². The van der Waals surface area contributed by atoms with Crippen molar-refractivity contribution in [2.45, 2.75) is 52.7 Å². The average molecular weight is 459 g/mol. The number of nitrogens with zero attached hydrogens (tertiary/aromatic N) is 3. The Morgan fingerprint density at radius 3 is 2.59 bits per heavy atom. The Balaban J connectivity index is 1.51. The van der Waals surface area contributed by atoms with E-state index in [2.05, 4.69) is 41.5 Å². The van der Waals surface area contributed by atoms with Gasteiger partial charge in [0, 0.05) is 50.5 Å². The number of likely N-dealkylation sites (tertiary alicyclic amines) is 1. The molecule has 0 radical (unpaired) electrons. The Morgan fingerprint density at radius 1 is 1.15 bits per heavy atom. The van der Waals surface area contributed by atoms with E-state index in [-0.39, 0.29) is 11.9 Å². The van der Waals surface area contributed by atoms with E-state index in [0.717, 1.165) is 72.6 Å². The van der Waals surface area contributed by atoms with Gasteiger partial charge < -0.3 is 19.9 Å². The van der Waals surface area contributed by atoms with E-state index in [0.29, 0.717) is 5.84 Å². The van der Waals surface area contributed by atoms with Gasteiger partial charge in [0.25, 0.3) is 0 Å². The van der Waals surface area contributed by atoms with Crippen LogP contribution in [0, 0.1) is 10.8 Å². The summed E-state index contributed by atoms with van der Waals surface area (Å²) in [7, 11) is 0. The molecule has 178 valence electrons. The summed E-state index contributed by atoms with van der Waals surface area (Å²) in [6, 6.07) is 14.0. The number of benzene rings is 2. The monoisotopic (exact) mass is 458 g/mol. The second kappa shape index (κ2) is 10.1. The molecule has 0 spiro atoms. The maximum Gasteiger partial charge on any atom is 0.122 e. The van der Waals surface area contributed by atoms with Crippen molar-refractivity contribution in [1.82, 2.24) is 14.5 Å². The van der Waals surface area contributed by atoms with Gasteiger partial charge in [-0.25, -0.2) is 4.98 Å². The van der Waals surface area contributed by atoms with E-state index in [1.807, 2.05) is 37.3 Å². The number of hydrogen-bond acceptors (Lipinski definition) is 4. The molecule has 7 nitrogen and oxygen atoms in total. The lowest BCUT2D eigenvalue weighted by atomic mass is 10.1. The topological polar surface area (TPSA) is 104 Å². The molecule has 1 aliphatic heterocycles. The molecule has 4 rings (SSSR count). The first-order valence-corrected chi connectivity index (χ1v) is 11.9. The molecule has 1 fully saturated rings. The van der Waals surface area contributed by atoms with E-state index in [1.165, 1.54) is 5.57 Å². The average Bonchev–Trinajstić information content (AvgIpc) is 3.16. The fourth-order valence-corrected chi connectivity index (χ4v) is 4.56. The number of amidine groups is 2. The number of aromatic nitrogens is 2. The number of nitrogens with one attached hydrogen (secondary N) is 2. The van der Waals surface area contributed by atoms with Crippen LogP contribution in [0.4, 0.5) is 0 Å². The molecule has 0 unspecified atom stereocenters. The number of nitrogens with two attached hydrogens (primary N) is 1. The van der Waals surface area contributed by atoms with Gasteiger partial charge in [-0.1, -0.05) is 36.8 Å². The molecule has 3 aromatic rings. The zero-order valence-electron chi connectivity index (χ0n) is 20.3. The summed E-state index contributed by atoms with van der Waals surface area (Å²) >= 11 is 0. The normalized spacial score (nSPS) is 15.0. The number of allylic oxidation sites excluding steroid dienone is 1. The summed E-state index contributed by atoms with van der Waals surface area (Å²) in [5, 5.41) is 15.5. The zero-order chi connectivity index (χ0) is 24.2. The number of nitrogen functional groups attached to an aromatic ring is 1. The van der Waals surface area contributed by atoms with Gasteiger partial charge in [0.1, 0.15) is 23.5 Å². The molecule has 1 aromatic heterocycles. The van der Waals surface area contributed by atoms with Crippen LogP contribution in [-0.4, -0.2) is 45.3 Å². The van der Waals surface area contributed by atoms with Crippen molar-refractivity contribution in [3.63, 3.8) is 0 Å². The number of fused-ring (bicyclic) bond motifs is 1. The van der Waals surface area contributed by atoms with Gasteiger partial charge in [-0.15, -0.1) is 0 Å². The molecule has 4 N–H and O–H groups in total.